The van der Waals surface area contributed by atoms with E-state index in [1.807, 2.05) is 0 Å². The second-order valence-electron chi connectivity index (χ2n) is 4.24. The van der Waals surface area contributed by atoms with Gasteiger partial charge in [0.2, 0.25) is 0 Å². The Bertz CT molecular complexity index is 773. The molecule has 0 amide bonds. The molecule has 0 bridgehead atoms. The van der Waals surface area contributed by atoms with E-state index in [2.05, 4.69) is 0 Å². The molecule has 7 heteroatoms. The lowest BCUT2D eigenvalue weighted by Crippen LogP contribution is -2.10. The van der Waals surface area contributed by atoms with Crippen LogP contribution in [-0.2, 0) is 10.1 Å². The molecular formula is C14H12F2O4S. The summed E-state index contributed by atoms with van der Waals surface area (Å²) < 4.78 is 59.8. The van der Waals surface area contributed by atoms with Gasteiger partial charge in [0.05, 0.1) is 7.11 Å². The lowest BCUT2D eigenvalue weighted by atomic mass is 10.2. The molecule has 0 saturated carbocycles. The van der Waals surface area contributed by atoms with E-state index in [9.17, 15) is 17.2 Å². The van der Waals surface area contributed by atoms with E-state index < -0.39 is 21.8 Å². The summed E-state index contributed by atoms with van der Waals surface area (Å²) in [6.45, 7) is 1.68. The molecule has 0 heterocycles. The van der Waals surface area contributed by atoms with Crippen LogP contribution in [0.1, 0.15) is 5.56 Å². The highest BCUT2D eigenvalue weighted by molar-refractivity contribution is 7.87. The molecule has 0 radical (unpaired) electrons. The third-order valence-electron chi connectivity index (χ3n) is 2.75. The van der Waals surface area contributed by atoms with Gasteiger partial charge in [-0.3, -0.25) is 0 Å². The van der Waals surface area contributed by atoms with Crippen LogP contribution in [0.4, 0.5) is 8.78 Å². The summed E-state index contributed by atoms with van der Waals surface area (Å²) in [5, 5.41) is 0. The summed E-state index contributed by atoms with van der Waals surface area (Å²) in [6, 6.07) is 6.65. The molecule has 0 N–H and O–H groups in total. The zero-order chi connectivity index (χ0) is 15.6. The molecule has 0 unspecified atom stereocenters. The predicted octanol–water partition coefficient (Wildman–Crippen LogP) is 3.05. The third kappa shape index (κ3) is 3.30. The Morgan fingerprint density at radius 3 is 2.29 bits per heavy atom. The fourth-order valence-corrected chi connectivity index (χ4v) is 2.72. The van der Waals surface area contributed by atoms with Gasteiger partial charge in [-0.05, 0) is 42.8 Å². The van der Waals surface area contributed by atoms with Gasteiger partial charge in [-0.15, -0.1) is 0 Å². The lowest BCUT2D eigenvalue weighted by Gasteiger charge is -2.09. The monoisotopic (exact) mass is 314 g/mol. The lowest BCUT2D eigenvalue weighted by molar-refractivity contribution is 0.411. The molecule has 0 aliphatic carbocycles. The van der Waals surface area contributed by atoms with Gasteiger partial charge in [-0.2, -0.15) is 8.42 Å². The maximum absolute atomic E-state index is 13.1. The highest BCUT2D eigenvalue weighted by Crippen LogP contribution is 2.25. The number of methoxy groups -OCH3 is 1. The van der Waals surface area contributed by atoms with Crippen molar-refractivity contribution in [2.75, 3.05) is 7.11 Å². The number of ether oxygens (including phenoxy) is 1. The number of hydrogen-bond acceptors (Lipinski definition) is 4. The molecule has 0 aliphatic heterocycles. The minimum Gasteiger partial charge on any atom is -0.496 e. The van der Waals surface area contributed by atoms with Gasteiger partial charge >= 0.3 is 10.1 Å². The molecule has 0 spiro atoms. The summed E-state index contributed by atoms with van der Waals surface area (Å²) in [7, 11) is -2.67. The van der Waals surface area contributed by atoms with Crippen molar-refractivity contribution < 1.29 is 26.1 Å². The van der Waals surface area contributed by atoms with Gasteiger partial charge in [0, 0.05) is 6.07 Å². The van der Waals surface area contributed by atoms with Gasteiger partial charge < -0.3 is 8.92 Å². The van der Waals surface area contributed by atoms with Gasteiger partial charge in [-0.25, -0.2) is 8.78 Å². The fourth-order valence-electron chi connectivity index (χ4n) is 1.71. The largest absolute Gasteiger partial charge is 0.496 e. The Morgan fingerprint density at radius 2 is 1.71 bits per heavy atom. The van der Waals surface area contributed by atoms with Crippen LogP contribution in [0.15, 0.2) is 41.3 Å². The summed E-state index contributed by atoms with van der Waals surface area (Å²) >= 11 is 0. The fraction of sp³-hybridized carbons (Fsp3) is 0.143. The first kappa shape index (κ1) is 15.2. The first-order valence-electron chi connectivity index (χ1n) is 5.87. The SMILES string of the molecule is COc1ccc(S(=O)(=O)Oc2ccc(F)c(F)c2)cc1C. The second kappa shape index (κ2) is 5.69. The van der Waals surface area contributed by atoms with Crippen LogP contribution in [0.2, 0.25) is 0 Å². The van der Waals surface area contributed by atoms with Crippen LogP contribution in [-0.4, -0.2) is 15.5 Å². The minimum absolute atomic E-state index is 0.106. The number of aryl methyl sites for hydroxylation is 1. The predicted molar refractivity (Wildman–Crippen MR) is 71.9 cm³/mol. The number of rotatable bonds is 4. The second-order valence-corrected chi connectivity index (χ2v) is 5.79. The normalized spacial score (nSPS) is 11.2. The highest BCUT2D eigenvalue weighted by atomic mass is 32.2. The molecule has 2 aromatic rings. The molecular weight excluding hydrogens is 302 g/mol. The molecule has 0 aromatic heterocycles. The molecule has 4 nitrogen and oxygen atoms in total. The zero-order valence-corrected chi connectivity index (χ0v) is 12.1. The van der Waals surface area contributed by atoms with Crippen LogP contribution in [0.5, 0.6) is 11.5 Å². The van der Waals surface area contributed by atoms with E-state index in [-0.39, 0.29) is 10.6 Å². The zero-order valence-electron chi connectivity index (χ0n) is 11.3. The van der Waals surface area contributed by atoms with Crippen LogP contribution in [0.25, 0.3) is 0 Å². The molecule has 0 aliphatic rings. The summed E-state index contributed by atoms with van der Waals surface area (Å²) in [4.78, 5) is -0.106. The molecule has 21 heavy (non-hydrogen) atoms. The smallest absolute Gasteiger partial charge is 0.339 e. The van der Waals surface area contributed by atoms with Crippen molar-refractivity contribution in [3.05, 3.63) is 53.6 Å². The van der Waals surface area contributed by atoms with Crippen LogP contribution < -0.4 is 8.92 Å². The summed E-state index contributed by atoms with van der Waals surface area (Å²) in [6.07, 6.45) is 0. The van der Waals surface area contributed by atoms with Gasteiger partial charge in [0.25, 0.3) is 0 Å². The van der Waals surface area contributed by atoms with Crippen LogP contribution in [0.3, 0.4) is 0 Å². The van der Waals surface area contributed by atoms with E-state index in [1.165, 1.54) is 25.3 Å². The first-order valence-corrected chi connectivity index (χ1v) is 7.28. The van der Waals surface area contributed by atoms with Crippen molar-refractivity contribution >= 4 is 10.1 Å². The van der Waals surface area contributed by atoms with Crippen LogP contribution in [0, 0.1) is 18.6 Å². The molecule has 0 atom stereocenters. The van der Waals surface area contributed by atoms with E-state index in [0.717, 1.165) is 12.1 Å². The average molecular weight is 314 g/mol. The van der Waals surface area contributed by atoms with E-state index in [1.54, 1.807) is 6.92 Å². The Labute approximate surface area is 121 Å². The van der Waals surface area contributed by atoms with Crippen molar-refractivity contribution in [1.29, 1.82) is 0 Å². The van der Waals surface area contributed by atoms with Gasteiger partial charge in [-0.1, -0.05) is 0 Å². The minimum atomic E-state index is -4.14. The maximum atomic E-state index is 13.1. The summed E-state index contributed by atoms with van der Waals surface area (Å²) in [5.41, 5.74) is 0.604. The summed E-state index contributed by atoms with van der Waals surface area (Å²) in [5.74, 6) is -2.04. The van der Waals surface area contributed by atoms with E-state index in [4.69, 9.17) is 8.92 Å². The van der Waals surface area contributed by atoms with Gasteiger partial charge in [0.1, 0.15) is 16.4 Å². The number of benzene rings is 2. The maximum Gasteiger partial charge on any atom is 0.339 e. The Hall–Kier alpha value is -2.15. The molecule has 112 valence electrons. The first-order chi connectivity index (χ1) is 9.83. The molecule has 0 saturated heterocycles. The standard InChI is InChI=1S/C14H12F2O4S/c1-9-7-11(4-6-14(9)19-2)21(17,18)20-10-3-5-12(15)13(16)8-10/h3-8H,1-2H3. The van der Waals surface area contributed by atoms with Crippen LogP contribution >= 0.6 is 0 Å². The Morgan fingerprint density at radius 1 is 1.00 bits per heavy atom. The van der Waals surface area contributed by atoms with E-state index in [0.29, 0.717) is 17.4 Å². The van der Waals surface area contributed by atoms with Crippen molar-refractivity contribution in [1.82, 2.24) is 0 Å². The van der Waals surface area contributed by atoms with Crippen molar-refractivity contribution in [3.63, 3.8) is 0 Å². The van der Waals surface area contributed by atoms with Crippen molar-refractivity contribution in [2.45, 2.75) is 11.8 Å². The van der Waals surface area contributed by atoms with Crippen molar-refractivity contribution in [2.24, 2.45) is 0 Å². The third-order valence-corrected chi connectivity index (χ3v) is 4.00. The molecule has 0 fully saturated rings. The molecule has 2 aromatic carbocycles. The number of halogens is 2. The van der Waals surface area contributed by atoms with Crippen molar-refractivity contribution in [3.8, 4) is 11.5 Å². The van der Waals surface area contributed by atoms with E-state index >= 15 is 0 Å². The molecule has 2 rings (SSSR count). The van der Waals surface area contributed by atoms with Gasteiger partial charge in [0.15, 0.2) is 11.6 Å². The quantitative estimate of drug-likeness (QED) is 0.814. The highest BCUT2D eigenvalue weighted by Gasteiger charge is 2.18. The number of hydrogen-bond donors (Lipinski definition) is 0. The topological polar surface area (TPSA) is 52.6 Å². The Kier molecular flexibility index (Phi) is 4.13. The Balaban J connectivity index is 2.33. The average Bonchev–Trinajstić information content (AvgIpc) is 2.42.